The van der Waals surface area contributed by atoms with Crippen molar-refractivity contribution in [2.75, 3.05) is 13.1 Å². The van der Waals surface area contributed by atoms with Crippen LogP contribution in [0.5, 0.6) is 0 Å². The molecule has 1 aromatic rings. The summed E-state index contributed by atoms with van der Waals surface area (Å²) in [6.45, 7) is 0.694. The summed E-state index contributed by atoms with van der Waals surface area (Å²) >= 11 is 5.79. The molecule has 1 atom stereocenters. The van der Waals surface area contributed by atoms with E-state index in [2.05, 4.69) is 0 Å². The highest BCUT2D eigenvalue weighted by molar-refractivity contribution is 7.89. The highest BCUT2D eigenvalue weighted by Crippen LogP contribution is 2.27. The number of halogens is 3. The fourth-order valence-corrected chi connectivity index (χ4v) is 4.06. The van der Waals surface area contributed by atoms with Crippen LogP contribution in [-0.4, -0.2) is 31.9 Å². The van der Waals surface area contributed by atoms with E-state index in [4.69, 9.17) is 17.3 Å². The Morgan fingerprint density at radius 3 is 2.68 bits per heavy atom. The van der Waals surface area contributed by atoms with Gasteiger partial charge >= 0.3 is 0 Å². The molecule has 4 nitrogen and oxygen atoms in total. The monoisotopic (exact) mass is 328 g/mol. The molecule has 2 N–H and O–H groups in total. The van der Waals surface area contributed by atoms with Gasteiger partial charge in [-0.1, -0.05) is 11.6 Å². The lowest BCUT2D eigenvalue weighted by molar-refractivity contribution is 0.316. The Morgan fingerprint density at radius 2 is 2.11 bits per heavy atom. The van der Waals surface area contributed by atoms with E-state index in [1.165, 1.54) is 10.4 Å². The van der Waals surface area contributed by atoms with E-state index in [1.54, 1.807) is 0 Å². The van der Waals surface area contributed by atoms with Crippen molar-refractivity contribution in [2.24, 2.45) is 5.73 Å². The van der Waals surface area contributed by atoms with Crippen molar-refractivity contribution in [3.63, 3.8) is 0 Å². The van der Waals surface area contributed by atoms with Crippen molar-refractivity contribution in [2.45, 2.75) is 23.8 Å². The Bertz CT molecular complexity index is 554. The van der Waals surface area contributed by atoms with Crippen molar-refractivity contribution < 1.29 is 12.8 Å². The highest BCUT2D eigenvalue weighted by Gasteiger charge is 2.30. The number of nitrogens with two attached hydrogens (primary N) is 1. The van der Waals surface area contributed by atoms with Gasteiger partial charge < -0.3 is 5.73 Å². The molecule has 0 bridgehead atoms. The van der Waals surface area contributed by atoms with Crippen LogP contribution in [0.2, 0.25) is 5.02 Å². The zero-order valence-corrected chi connectivity index (χ0v) is 12.4. The number of hydrogen-bond acceptors (Lipinski definition) is 3. The number of hydrogen-bond donors (Lipinski definition) is 1. The van der Waals surface area contributed by atoms with Crippen molar-refractivity contribution in [3.05, 3.63) is 29.0 Å². The molecule has 0 radical (unpaired) electrons. The second-order valence-electron chi connectivity index (χ2n) is 4.34. The van der Waals surface area contributed by atoms with Gasteiger partial charge in [0.15, 0.2) is 0 Å². The van der Waals surface area contributed by atoms with Crippen LogP contribution in [0.15, 0.2) is 23.1 Å². The Balaban J connectivity index is 0.00000180. The number of sulfonamides is 1. The largest absolute Gasteiger partial charge is 0.327 e. The summed E-state index contributed by atoms with van der Waals surface area (Å²) in [4.78, 5) is -0.0698. The van der Waals surface area contributed by atoms with Crippen LogP contribution in [0.25, 0.3) is 0 Å². The molecule has 1 fully saturated rings. The molecule has 0 amide bonds. The van der Waals surface area contributed by atoms with Gasteiger partial charge in [-0.05, 0) is 31.0 Å². The number of benzene rings is 1. The lowest BCUT2D eigenvalue weighted by Crippen LogP contribution is -2.45. The van der Waals surface area contributed by atoms with Crippen LogP contribution < -0.4 is 5.73 Å². The van der Waals surface area contributed by atoms with E-state index < -0.39 is 15.8 Å². The summed E-state index contributed by atoms with van der Waals surface area (Å²) in [6.07, 6.45) is 1.53. The molecule has 19 heavy (non-hydrogen) atoms. The number of rotatable bonds is 2. The molecule has 1 heterocycles. The van der Waals surface area contributed by atoms with Crippen LogP contribution in [-0.2, 0) is 10.0 Å². The molecule has 1 aliphatic heterocycles. The van der Waals surface area contributed by atoms with Crippen molar-refractivity contribution in [3.8, 4) is 0 Å². The summed E-state index contributed by atoms with van der Waals surface area (Å²) in [5.74, 6) is -0.561. The first-order valence-electron chi connectivity index (χ1n) is 5.62. The molecule has 2 rings (SSSR count). The van der Waals surface area contributed by atoms with E-state index >= 15 is 0 Å². The van der Waals surface area contributed by atoms with Gasteiger partial charge in [0.2, 0.25) is 10.0 Å². The molecule has 1 saturated heterocycles. The SMILES string of the molecule is Cl.NC1CCCN(S(=O)(=O)c2ccc(F)cc2Cl)C1. The Kier molecular flexibility index (Phi) is 5.58. The molecule has 108 valence electrons. The van der Waals surface area contributed by atoms with Crippen molar-refractivity contribution in [1.29, 1.82) is 0 Å². The molecule has 0 aliphatic carbocycles. The van der Waals surface area contributed by atoms with Crippen molar-refractivity contribution in [1.82, 2.24) is 4.31 Å². The average Bonchev–Trinajstić information content (AvgIpc) is 2.28. The van der Waals surface area contributed by atoms with Crippen LogP contribution in [0.3, 0.4) is 0 Å². The summed E-state index contributed by atoms with van der Waals surface area (Å²) < 4.78 is 38.9. The lowest BCUT2D eigenvalue weighted by atomic mass is 10.1. The molecular formula is C11H15Cl2FN2O2S. The lowest BCUT2D eigenvalue weighted by Gasteiger charge is -2.30. The smallest absolute Gasteiger partial charge is 0.244 e. The van der Waals surface area contributed by atoms with Gasteiger partial charge in [0.05, 0.1) is 5.02 Å². The minimum absolute atomic E-state index is 0. The molecule has 0 spiro atoms. The molecular weight excluding hydrogens is 314 g/mol. The fourth-order valence-electron chi connectivity index (χ4n) is 2.02. The Labute approximate surface area is 123 Å². The summed E-state index contributed by atoms with van der Waals surface area (Å²) in [5.41, 5.74) is 5.76. The molecule has 8 heteroatoms. The molecule has 0 aromatic heterocycles. The second kappa shape index (κ2) is 6.37. The first-order valence-corrected chi connectivity index (χ1v) is 7.44. The highest BCUT2D eigenvalue weighted by atomic mass is 35.5. The Morgan fingerprint density at radius 1 is 1.42 bits per heavy atom. The van der Waals surface area contributed by atoms with Gasteiger partial charge in [0.1, 0.15) is 10.7 Å². The van der Waals surface area contributed by atoms with Crippen molar-refractivity contribution >= 4 is 34.0 Å². The summed E-state index contributed by atoms with van der Waals surface area (Å²) in [7, 11) is -3.69. The number of nitrogens with zero attached hydrogens (tertiary/aromatic N) is 1. The molecule has 0 saturated carbocycles. The molecule has 1 aromatic carbocycles. The third kappa shape index (κ3) is 3.58. The van der Waals surface area contributed by atoms with E-state index in [-0.39, 0.29) is 34.9 Å². The summed E-state index contributed by atoms with van der Waals surface area (Å²) in [6, 6.07) is 3.11. The van der Waals surface area contributed by atoms with Crippen LogP contribution in [0, 0.1) is 5.82 Å². The summed E-state index contributed by atoms with van der Waals surface area (Å²) in [5, 5.41) is -0.103. The minimum Gasteiger partial charge on any atom is -0.327 e. The maximum atomic E-state index is 12.9. The maximum absolute atomic E-state index is 12.9. The molecule has 1 aliphatic rings. The minimum atomic E-state index is -3.69. The van der Waals surface area contributed by atoms with Gasteiger partial charge in [-0.3, -0.25) is 0 Å². The van der Waals surface area contributed by atoms with E-state index in [0.29, 0.717) is 6.54 Å². The zero-order valence-electron chi connectivity index (χ0n) is 10.1. The number of piperidine rings is 1. The van der Waals surface area contributed by atoms with Gasteiger partial charge in [-0.2, -0.15) is 4.31 Å². The Hall–Kier alpha value is -0.400. The first-order chi connectivity index (χ1) is 8.41. The zero-order chi connectivity index (χ0) is 13.3. The fraction of sp³-hybridized carbons (Fsp3) is 0.455. The third-order valence-electron chi connectivity index (χ3n) is 2.93. The van der Waals surface area contributed by atoms with Gasteiger partial charge in [-0.15, -0.1) is 12.4 Å². The average molecular weight is 329 g/mol. The topological polar surface area (TPSA) is 63.4 Å². The van der Waals surface area contributed by atoms with Gasteiger partial charge in [0.25, 0.3) is 0 Å². The second-order valence-corrected chi connectivity index (χ2v) is 6.65. The first kappa shape index (κ1) is 16.7. The molecule has 1 unspecified atom stereocenters. The van der Waals surface area contributed by atoms with E-state index in [9.17, 15) is 12.8 Å². The van der Waals surface area contributed by atoms with Gasteiger partial charge in [0, 0.05) is 19.1 Å². The van der Waals surface area contributed by atoms with E-state index in [0.717, 1.165) is 25.0 Å². The standard InChI is InChI=1S/C11H14ClFN2O2S.ClH/c12-10-6-8(13)3-4-11(10)18(16,17)15-5-1-2-9(14)7-15;/h3-4,6,9H,1-2,5,7,14H2;1H. The van der Waals surface area contributed by atoms with Crippen LogP contribution >= 0.6 is 24.0 Å². The normalized spacial score (nSPS) is 20.9. The van der Waals surface area contributed by atoms with Crippen LogP contribution in [0.1, 0.15) is 12.8 Å². The maximum Gasteiger partial charge on any atom is 0.244 e. The quantitative estimate of drug-likeness (QED) is 0.903. The third-order valence-corrected chi connectivity index (χ3v) is 5.28. The predicted molar refractivity (Wildman–Crippen MR) is 74.6 cm³/mol. The van der Waals surface area contributed by atoms with Gasteiger partial charge in [-0.25, -0.2) is 12.8 Å². The van der Waals surface area contributed by atoms with E-state index in [1.807, 2.05) is 0 Å². The van der Waals surface area contributed by atoms with Crippen LogP contribution in [0.4, 0.5) is 4.39 Å². The predicted octanol–water partition coefficient (Wildman–Crippen LogP) is 2.01.